The van der Waals surface area contributed by atoms with Crippen molar-refractivity contribution in [2.75, 3.05) is 39.5 Å². The number of nitrogens with zero attached hydrogens (tertiary/aromatic N) is 2. The van der Waals surface area contributed by atoms with Crippen LogP contribution in [0, 0.1) is 5.92 Å². The summed E-state index contributed by atoms with van der Waals surface area (Å²) < 4.78 is 42.8. The Labute approximate surface area is 361 Å². The van der Waals surface area contributed by atoms with Crippen LogP contribution in [0.2, 0.25) is 0 Å². The van der Waals surface area contributed by atoms with E-state index in [-0.39, 0.29) is 37.9 Å². The van der Waals surface area contributed by atoms with Gasteiger partial charge in [0.05, 0.1) is 25.8 Å². The number of aliphatic hydroxyl groups excluding tert-OH is 1. The second kappa shape index (κ2) is 22.3. The Morgan fingerprint density at radius 2 is 1.56 bits per heavy atom. The lowest BCUT2D eigenvalue weighted by Gasteiger charge is -2.41. The van der Waals surface area contributed by atoms with Crippen LogP contribution >= 0.6 is 7.60 Å². The van der Waals surface area contributed by atoms with E-state index in [1.54, 1.807) is 23.6 Å². The second-order valence-corrected chi connectivity index (χ2v) is 19.5. The van der Waals surface area contributed by atoms with Crippen LogP contribution in [0.4, 0.5) is 9.59 Å². The number of likely N-dealkylation sites (tertiary alicyclic amines) is 1. The molecule has 0 spiro atoms. The number of para-hydroxylation sites is 1. The quantitative estimate of drug-likeness (QED) is 0.135. The Bertz CT molecular complexity index is 1780. The zero-order valence-corrected chi connectivity index (χ0v) is 37.5. The molecule has 1 saturated carbocycles. The highest BCUT2D eigenvalue weighted by atomic mass is 31.2. The lowest BCUT2D eigenvalue weighted by Crippen LogP contribution is -2.56. The molecule has 338 valence electrons. The third-order valence-corrected chi connectivity index (χ3v) is 13.8. The largest absolute Gasteiger partial charge is 0.491 e. The summed E-state index contributed by atoms with van der Waals surface area (Å²) in [5, 5.41) is 17.5. The van der Waals surface area contributed by atoms with Gasteiger partial charge in [-0.2, -0.15) is 0 Å². The molecular formula is C45H67N4O11P. The van der Waals surface area contributed by atoms with Crippen LogP contribution in [0.3, 0.4) is 0 Å². The minimum Gasteiger partial charge on any atom is -0.491 e. The first-order chi connectivity index (χ1) is 29.1. The minimum atomic E-state index is -4.20. The standard InChI is InChI=1S/C45H67N4O11P/c1-6-57-61(55,58-7-2)41(52)36(22-23-39(50)49-28-29-56-38-21-15-14-20-35(38)32-49)46-40(51)37(30-33-16-10-8-11-17-33)47-42(53)59-45(31-34-18-12-9-13-19-34)24-26-48(27-25-45)43(54)60-44(3,4)5/h9,12-15,18-21,33,36-37,41,52H,6-8,10-11,16-17,22-32H2,1-5H3,(H,46,51)(H,47,53)/t36-,37-,41?/m0/s1. The van der Waals surface area contributed by atoms with E-state index in [9.17, 15) is 28.8 Å². The fraction of sp³-hybridized carbons (Fsp3) is 0.644. The normalized spacial score (nSPS) is 18.7. The van der Waals surface area contributed by atoms with Crippen molar-refractivity contribution < 1.29 is 52.1 Å². The summed E-state index contributed by atoms with van der Waals surface area (Å²) in [6.45, 7) is 10.2. The van der Waals surface area contributed by atoms with Crippen molar-refractivity contribution in [1.82, 2.24) is 20.4 Å². The Morgan fingerprint density at radius 3 is 2.21 bits per heavy atom. The minimum absolute atomic E-state index is 0.0287. The summed E-state index contributed by atoms with van der Waals surface area (Å²) in [6, 6.07) is 14.8. The van der Waals surface area contributed by atoms with Gasteiger partial charge in [0.25, 0.3) is 0 Å². The molecule has 2 aromatic carbocycles. The van der Waals surface area contributed by atoms with Crippen molar-refractivity contribution in [3.8, 4) is 5.75 Å². The number of ether oxygens (including phenoxy) is 3. The first-order valence-corrected chi connectivity index (χ1v) is 23.6. The van der Waals surface area contributed by atoms with Crippen LogP contribution in [0.5, 0.6) is 5.75 Å². The van der Waals surface area contributed by atoms with Crippen LogP contribution in [0.1, 0.15) is 110 Å². The number of piperidine rings is 1. The molecule has 3 atom stereocenters. The number of amides is 4. The first kappa shape index (κ1) is 47.9. The van der Waals surface area contributed by atoms with Gasteiger partial charge in [0.2, 0.25) is 11.8 Å². The summed E-state index contributed by atoms with van der Waals surface area (Å²) in [5.41, 5.74) is 0.157. The van der Waals surface area contributed by atoms with E-state index in [2.05, 4.69) is 10.6 Å². The molecular weight excluding hydrogens is 803 g/mol. The Balaban J connectivity index is 1.35. The number of nitrogens with one attached hydrogen (secondary N) is 2. The maximum atomic E-state index is 14.5. The van der Waals surface area contributed by atoms with Crippen LogP contribution in [0.15, 0.2) is 54.6 Å². The van der Waals surface area contributed by atoms with E-state index in [4.69, 9.17) is 23.3 Å². The number of hydrogen-bond donors (Lipinski definition) is 3. The highest BCUT2D eigenvalue weighted by molar-refractivity contribution is 7.54. The monoisotopic (exact) mass is 870 g/mol. The van der Waals surface area contributed by atoms with Crippen molar-refractivity contribution in [3.05, 3.63) is 65.7 Å². The number of hydrogen-bond acceptors (Lipinski definition) is 11. The van der Waals surface area contributed by atoms with E-state index in [1.165, 1.54) is 0 Å². The van der Waals surface area contributed by atoms with Gasteiger partial charge >= 0.3 is 19.8 Å². The molecule has 4 amide bonds. The molecule has 15 nitrogen and oxygen atoms in total. The van der Waals surface area contributed by atoms with E-state index in [0.29, 0.717) is 64.2 Å². The molecule has 1 saturated heterocycles. The van der Waals surface area contributed by atoms with Gasteiger partial charge in [-0.15, -0.1) is 0 Å². The summed E-state index contributed by atoms with van der Waals surface area (Å²) in [5.74, 6) is -1.83. The molecule has 2 aliphatic heterocycles. The van der Waals surface area contributed by atoms with Gasteiger partial charge < -0.3 is 48.8 Å². The van der Waals surface area contributed by atoms with Crippen molar-refractivity contribution in [2.24, 2.45) is 5.92 Å². The summed E-state index contributed by atoms with van der Waals surface area (Å²) >= 11 is 0. The summed E-state index contributed by atoms with van der Waals surface area (Å²) in [7, 11) is -4.20. The number of rotatable bonds is 17. The molecule has 3 aliphatic rings. The molecule has 16 heteroatoms. The summed E-state index contributed by atoms with van der Waals surface area (Å²) in [6.07, 6.45) is 4.82. The number of carbonyl (C=O) groups is 4. The lowest BCUT2D eigenvalue weighted by atomic mass is 9.84. The molecule has 0 aromatic heterocycles. The smallest absolute Gasteiger partial charge is 0.410 e. The first-order valence-electron chi connectivity index (χ1n) is 22.0. The molecule has 1 aliphatic carbocycles. The molecule has 2 aromatic rings. The molecule has 2 fully saturated rings. The van der Waals surface area contributed by atoms with Crippen LogP contribution < -0.4 is 15.4 Å². The molecule has 5 rings (SSSR count). The van der Waals surface area contributed by atoms with E-state index in [0.717, 1.165) is 43.2 Å². The van der Waals surface area contributed by atoms with Gasteiger partial charge in [-0.05, 0) is 65.0 Å². The molecule has 0 bridgehead atoms. The number of carbonyl (C=O) groups excluding carboxylic acids is 4. The molecule has 1 unspecified atom stereocenters. The highest BCUT2D eigenvalue weighted by Gasteiger charge is 2.44. The summed E-state index contributed by atoms with van der Waals surface area (Å²) in [4.78, 5) is 58.6. The number of benzene rings is 2. The van der Waals surface area contributed by atoms with Gasteiger partial charge in [-0.3, -0.25) is 14.2 Å². The highest BCUT2D eigenvalue weighted by Crippen LogP contribution is 2.53. The van der Waals surface area contributed by atoms with Crippen LogP contribution in [0.25, 0.3) is 0 Å². The average molecular weight is 871 g/mol. The predicted molar refractivity (Wildman–Crippen MR) is 230 cm³/mol. The fourth-order valence-electron chi connectivity index (χ4n) is 8.39. The van der Waals surface area contributed by atoms with Crippen molar-refractivity contribution in [2.45, 2.75) is 141 Å². The number of alkyl carbamates (subject to hydrolysis) is 1. The van der Waals surface area contributed by atoms with Gasteiger partial charge in [-0.1, -0.05) is 80.6 Å². The van der Waals surface area contributed by atoms with Gasteiger partial charge in [0.15, 0.2) is 5.85 Å². The van der Waals surface area contributed by atoms with Crippen LogP contribution in [-0.2, 0) is 45.6 Å². The zero-order valence-electron chi connectivity index (χ0n) is 36.6. The molecule has 0 radical (unpaired) electrons. The van der Waals surface area contributed by atoms with Gasteiger partial charge in [-0.25, -0.2) is 9.59 Å². The molecule has 2 heterocycles. The fourth-order valence-corrected chi connectivity index (χ4v) is 10.2. The number of aliphatic hydroxyl groups is 1. The maximum Gasteiger partial charge on any atom is 0.410 e. The van der Waals surface area contributed by atoms with E-state index < -0.39 is 54.8 Å². The Morgan fingerprint density at radius 1 is 0.902 bits per heavy atom. The molecule has 61 heavy (non-hydrogen) atoms. The van der Waals surface area contributed by atoms with Crippen molar-refractivity contribution in [1.29, 1.82) is 0 Å². The lowest BCUT2D eigenvalue weighted by molar-refractivity contribution is -0.133. The van der Waals surface area contributed by atoms with Crippen molar-refractivity contribution >= 4 is 31.6 Å². The van der Waals surface area contributed by atoms with Crippen molar-refractivity contribution in [3.63, 3.8) is 0 Å². The maximum absolute atomic E-state index is 14.5. The average Bonchev–Trinajstić information content (AvgIpc) is 3.45. The predicted octanol–water partition coefficient (Wildman–Crippen LogP) is 7.33. The molecule has 3 N–H and O–H groups in total. The number of fused-ring (bicyclic) bond motifs is 1. The topological polar surface area (TPSA) is 182 Å². The van der Waals surface area contributed by atoms with E-state index in [1.807, 2.05) is 75.4 Å². The Hall–Kier alpha value is -4.17. The van der Waals surface area contributed by atoms with Gasteiger partial charge in [0.1, 0.15) is 29.6 Å². The third-order valence-electron chi connectivity index (χ3n) is 11.5. The SMILES string of the molecule is CCOP(=O)(OCC)C(O)[C@H](CCC(=O)N1CCOc2ccccc2C1)NC(=O)[C@H](CC1CCCCC1)NC(=O)OC1(Cc2ccccc2)CCN(C(=O)OC(C)(C)C)CC1. The van der Waals surface area contributed by atoms with E-state index >= 15 is 0 Å². The second-order valence-electron chi connectivity index (χ2n) is 17.4. The Kier molecular flexibility index (Phi) is 17.5. The zero-order chi connectivity index (χ0) is 44.0. The van der Waals surface area contributed by atoms with Crippen LogP contribution in [-0.4, -0.2) is 107 Å². The third kappa shape index (κ3) is 14.2. The van der Waals surface area contributed by atoms with Gasteiger partial charge in [0, 0.05) is 50.9 Å².